The summed E-state index contributed by atoms with van der Waals surface area (Å²) in [6.07, 6.45) is 2.45. The van der Waals surface area contributed by atoms with Crippen LogP contribution in [0.3, 0.4) is 0 Å². The fraction of sp³-hybridized carbons (Fsp3) is 0.261. The van der Waals surface area contributed by atoms with Crippen LogP contribution in [0, 0.1) is 3.57 Å². The quantitative estimate of drug-likeness (QED) is 0.297. The predicted molar refractivity (Wildman–Crippen MR) is 141 cm³/mol. The lowest BCUT2D eigenvalue weighted by Crippen LogP contribution is -2.36. The van der Waals surface area contributed by atoms with Crippen LogP contribution in [0.15, 0.2) is 35.2 Å². The number of nitrogens with zero attached hydrogens (tertiary/aromatic N) is 1. The van der Waals surface area contributed by atoms with E-state index in [9.17, 15) is 14.4 Å². The van der Waals surface area contributed by atoms with E-state index in [1.807, 2.05) is 13.0 Å². The summed E-state index contributed by atoms with van der Waals surface area (Å²) in [5.41, 5.74) is 1.10. The monoisotopic (exact) mass is 616 g/mol. The first-order valence-electron chi connectivity index (χ1n) is 10.2. The molecule has 1 saturated heterocycles. The lowest BCUT2D eigenvalue weighted by molar-refractivity contribution is -0.127. The van der Waals surface area contributed by atoms with Crippen molar-refractivity contribution in [1.82, 2.24) is 4.90 Å². The molecular formula is C23H22ClIN2O6S. The zero-order chi connectivity index (χ0) is 24.8. The third kappa shape index (κ3) is 6.16. The average molecular weight is 617 g/mol. The molecule has 1 heterocycles. The van der Waals surface area contributed by atoms with Gasteiger partial charge in [0.05, 0.1) is 34.3 Å². The predicted octanol–water partition coefficient (Wildman–Crippen LogP) is 5.43. The van der Waals surface area contributed by atoms with Gasteiger partial charge >= 0.3 is 0 Å². The molecule has 0 atom stereocenters. The van der Waals surface area contributed by atoms with Crippen LogP contribution < -0.4 is 19.5 Å². The van der Waals surface area contributed by atoms with Crippen LogP contribution in [0.1, 0.15) is 18.9 Å². The van der Waals surface area contributed by atoms with Crippen LogP contribution in [0.5, 0.6) is 17.2 Å². The molecule has 3 amide bonds. The Morgan fingerprint density at radius 1 is 1.18 bits per heavy atom. The molecule has 2 aromatic rings. The van der Waals surface area contributed by atoms with Crippen molar-refractivity contribution in [3.05, 3.63) is 49.4 Å². The zero-order valence-corrected chi connectivity index (χ0v) is 22.4. The molecule has 180 valence electrons. The Balaban J connectivity index is 1.73. The topological polar surface area (TPSA) is 94.2 Å². The van der Waals surface area contributed by atoms with E-state index in [2.05, 4.69) is 27.9 Å². The summed E-state index contributed by atoms with van der Waals surface area (Å²) in [4.78, 5) is 38.8. The molecule has 1 aliphatic rings. The van der Waals surface area contributed by atoms with Gasteiger partial charge in [-0.05, 0) is 82.7 Å². The van der Waals surface area contributed by atoms with Crippen LogP contribution in [-0.4, -0.2) is 49.3 Å². The second-order valence-corrected chi connectivity index (χ2v) is 9.61. The van der Waals surface area contributed by atoms with E-state index in [0.29, 0.717) is 40.1 Å². The summed E-state index contributed by atoms with van der Waals surface area (Å²) in [5.74, 6) is 0.553. The molecule has 0 saturated carbocycles. The molecule has 1 fully saturated rings. The van der Waals surface area contributed by atoms with Gasteiger partial charge < -0.3 is 19.5 Å². The van der Waals surface area contributed by atoms with Crippen LogP contribution >= 0.6 is 46.0 Å². The molecule has 11 heteroatoms. The molecule has 34 heavy (non-hydrogen) atoms. The van der Waals surface area contributed by atoms with Crippen molar-refractivity contribution < 1.29 is 28.6 Å². The van der Waals surface area contributed by atoms with Gasteiger partial charge in [0.25, 0.3) is 11.1 Å². The number of hydrogen-bond acceptors (Lipinski definition) is 7. The molecule has 8 nitrogen and oxygen atoms in total. The largest absolute Gasteiger partial charge is 0.495 e. The molecule has 0 radical (unpaired) electrons. The molecule has 0 bridgehead atoms. The molecule has 1 N–H and O–H groups in total. The van der Waals surface area contributed by atoms with Gasteiger partial charge in [0.1, 0.15) is 12.3 Å². The number of amides is 3. The molecule has 1 aliphatic heterocycles. The standard InChI is InChI=1S/C23H22ClIN2O6S/c1-4-7-33-21-16(25)8-13(9-18(21)32-3)10-19-22(29)27(23(30)34-19)12-20(28)26-14-5-6-17(31-2)15(24)11-14/h5-6,8-11H,4,7,12H2,1-3H3,(H,26,28)/b19-10-. The van der Waals surface area contributed by atoms with Crippen LogP contribution in [-0.2, 0) is 9.59 Å². The van der Waals surface area contributed by atoms with Crippen molar-refractivity contribution >= 4 is 74.8 Å². The van der Waals surface area contributed by atoms with Gasteiger partial charge in [0, 0.05) is 5.69 Å². The van der Waals surface area contributed by atoms with Crippen LogP contribution in [0.2, 0.25) is 5.02 Å². The van der Waals surface area contributed by atoms with Crippen molar-refractivity contribution in [3.8, 4) is 17.2 Å². The van der Waals surface area contributed by atoms with Crippen molar-refractivity contribution in [2.24, 2.45) is 0 Å². The number of methoxy groups -OCH3 is 2. The van der Waals surface area contributed by atoms with Gasteiger partial charge in [-0.3, -0.25) is 19.3 Å². The maximum Gasteiger partial charge on any atom is 0.294 e. The highest BCUT2D eigenvalue weighted by Crippen LogP contribution is 2.37. The molecule has 0 aliphatic carbocycles. The van der Waals surface area contributed by atoms with Gasteiger partial charge in [0.2, 0.25) is 5.91 Å². The number of ether oxygens (including phenoxy) is 3. The van der Waals surface area contributed by atoms with E-state index in [1.165, 1.54) is 20.3 Å². The average Bonchev–Trinajstić information content (AvgIpc) is 3.05. The van der Waals surface area contributed by atoms with Crippen LogP contribution in [0.25, 0.3) is 6.08 Å². The molecule has 0 unspecified atom stereocenters. The number of rotatable bonds is 9. The van der Waals surface area contributed by atoms with E-state index < -0.39 is 23.6 Å². The maximum atomic E-state index is 12.8. The first-order valence-corrected chi connectivity index (χ1v) is 12.4. The molecule has 3 rings (SSSR count). The summed E-state index contributed by atoms with van der Waals surface area (Å²) >= 11 is 8.98. The number of hydrogen-bond donors (Lipinski definition) is 1. The van der Waals surface area contributed by atoms with E-state index >= 15 is 0 Å². The van der Waals surface area contributed by atoms with Gasteiger partial charge in [-0.1, -0.05) is 18.5 Å². The fourth-order valence-electron chi connectivity index (χ4n) is 3.04. The normalized spacial score (nSPS) is 14.5. The highest BCUT2D eigenvalue weighted by atomic mass is 127. The first-order chi connectivity index (χ1) is 16.3. The number of imide groups is 1. The fourth-order valence-corrected chi connectivity index (χ4v) is 4.92. The van der Waals surface area contributed by atoms with Crippen molar-refractivity contribution in [3.63, 3.8) is 0 Å². The summed E-state index contributed by atoms with van der Waals surface area (Å²) in [5, 5.41) is 2.43. The van der Waals surface area contributed by atoms with Crippen molar-refractivity contribution in [2.75, 3.05) is 32.7 Å². The minimum absolute atomic E-state index is 0.213. The third-order valence-electron chi connectivity index (χ3n) is 4.61. The Morgan fingerprint density at radius 3 is 2.56 bits per heavy atom. The number of benzene rings is 2. The van der Waals surface area contributed by atoms with Gasteiger partial charge in [0.15, 0.2) is 11.5 Å². The number of thioether (sulfide) groups is 1. The van der Waals surface area contributed by atoms with E-state index in [1.54, 1.807) is 24.3 Å². The van der Waals surface area contributed by atoms with Crippen molar-refractivity contribution in [1.29, 1.82) is 0 Å². The lowest BCUT2D eigenvalue weighted by atomic mass is 10.2. The Hall–Kier alpha value is -2.44. The Labute approximate surface area is 220 Å². The molecular weight excluding hydrogens is 595 g/mol. The number of anilines is 1. The lowest BCUT2D eigenvalue weighted by Gasteiger charge is -2.13. The summed E-state index contributed by atoms with van der Waals surface area (Å²) in [6, 6.07) is 8.31. The molecule has 2 aromatic carbocycles. The third-order valence-corrected chi connectivity index (χ3v) is 6.61. The SMILES string of the molecule is CCCOc1c(I)cc(/C=C2\SC(=O)N(CC(=O)Nc3ccc(OC)c(Cl)c3)C2=O)cc1OC. The minimum Gasteiger partial charge on any atom is -0.495 e. The Bertz CT molecular complexity index is 1160. The number of carbonyl (C=O) groups is 3. The second-order valence-electron chi connectivity index (χ2n) is 7.05. The highest BCUT2D eigenvalue weighted by Gasteiger charge is 2.36. The minimum atomic E-state index is -0.543. The van der Waals surface area contributed by atoms with Gasteiger partial charge in [-0.15, -0.1) is 0 Å². The van der Waals surface area contributed by atoms with E-state index in [-0.39, 0.29) is 4.91 Å². The Morgan fingerprint density at radius 2 is 1.91 bits per heavy atom. The van der Waals surface area contributed by atoms with Gasteiger partial charge in [-0.2, -0.15) is 0 Å². The summed E-state index contributed by atoms with van der Waals surface area (Å²) in [7, 11) is 3.02. The number of halogens is 2. The molecule has 0 spiro atoms. The molecule has 0 aromatic heterocycles. The summed E-state index contributed by atoms with van der Waals surface area (Å²) in [6.45, 7) is 2.14. The zero-order valence-electron chi connectivity index (χ0n) is 18.6. The highest BCUT2D eigenvalue weighted by molar-refractivity contribution is 14.1. The van der Waals surface area contributed by atoms with E-state index in [0.717, 1.165) is 26.7 Å². The first kappa shape index (κ1) is 26.2. The number of carbonyl (C=O) groups excluding carboxylic acids is 3. The number of nitrogens with one attached hydrogen (secondary N) is 1. The summed E-state index contributed by atoms with van der Waals surface area (Å²) < 4.78 is 17.1. The maximum absolute atomic E-state index is 12.8. The second kappa shape index (κ2) is 11.8. The van der Waals surface area contributed by atoms with Crippen LogP contribution in [0.4, 0.5) is 10.5 Å². The Kier molecular flexibility index (Phi) is 9.09. The van der Waals surface area contributed by atoms with Crippen molar-refractivity contribution in [2.45, 2.75) is 13.3 Å². The smallest absolute Gasteiger partial charge is 0.294 e. The van der Waals surface area contributed by atoms with Gasteiger partial charge in [-0.25, -0.2) is 0 Å². The van der Waals surface area contributed by atoms with E-state index in [4.69, 9.17) is 25.8 Å².